The summed E-state index contributed by atoms with van der Waals surface area (Å²) in [5.74, 6) is -0.957. The number of carboxylic acids is 1. The predicted molar refractivity (Wildman–Crippen MR) is 80.3 cm³/mol. The van der Waals surface area contributed by atoms with Gasteiger partial charge in [-0.05, 0) is 11.6 Å². The van der Waals surface area contributed by atoms with Crippen LogP contribution in [-0.2, 0) is 7.05 Å². The van der Waals surface area contributed by atoms with Gasteiger partial charge in [-0.2, -0.15) is 0 Å². The molecule has 0 atom stereocenters. The average molecular weight is 286 g/mol. The first-order valence-corrected chi connectivity index (χ1v) is 6.54. The van der Waals surface area contributed by atoms with Gasteiger partial charge in [0.25, 0.3) is 0 Å². The third-order valence-corrected chi connectivity index (χ3v) is 3.74. The molecule has 0 aliphatic carbocycles. The molecule has 0 unspecified atom stereocenters. The van der Waals surface area contributed by atoms with Gasteiger partial charge in [-0.15, -0.1) is 0 Å². The third kappa shape index (κ3) is 1.79. The monoisotopic (exact) mass is 285 g/mol. The SMILES string of the molecule is Cn1c(C(=O)O)c2cccc(Cl)c2c1-c1ccccc1. The molecule has 0 amide bonds. The van der Waals surface area contributed by atoms with E-state index in [1.807, 2.05) is 30.3 Å². The first-order valence-electron chi connectivity index (χ1n) is 6.17. The zero-order valence-corrected chi connectivity index (χ0v) is 11.6. The molecule has 100 valence electrons. The molecule has 0 aliphatic rings. The fourth-order valence-corrected chi connectivity index (χ4v) is 2.88. The van der Waals surface area contributed by atoms with E-state index in [2.05, 4.69) is 0 Å². The normalized spacial score (nSPS) is 10.9. The Bertz CT molecular complexity index is 806. The highest BCUT2D eigenvalue weighted by atomic mass is 35.5. The highest BCUT2D eigenvalue weighted by Crippen LogP contribution is 2.37. The number of halogens is 1. The summed E-state index contributed by atoms with van der Waals surface area (Å²) in [7, 11) is 1.75. The topological polar surface area (TPSA) is 42.2 Å². The van der Waals surface area contributed by atoms with Gasteiger partial charge in [0.05, 0.1) is 10.7 Å². The van der Waals surface area contributed by atoms with Crippen molar-refractivity contribution in [3.63, 3.8) is 0 Å². The second-order valence-electron chi connectivity index (χ2n) is 4.59. The van der Waals surface area contributed by atoms with Crippen molar-refractivity contribution in [2.75, 3.05) is 0 Å². The van der Waals surface area contributed by atoms with Gasteiger partial charge in [0.2, 0.25) is 0 Å². The van der Waals surface area contributed by atoms with Crippen molar-refractivity contribution in [3.8, 4) is 11.3 Å². The molecule has 3 rings (SSSR count). The number of aromatic carboxylic acids is 1. The summed E-state index contributed by atoms with van der Waals surface area (Å²) in [4.78, 5) is 11.5. The van der Waals surface area contributed by atoms with Crippen LogP contribution in [-0.4, -0.2) is 15.6 Å². The fraction of sp³-hybridized carbons (Fsp3) is 0.0625. The van der Waals surface area contributed by atoms with Crippen LogP contribution in [0.5, 0.6) is 0 Å². The number of carboxylic acid groups (broad SMARTS) is 1. The minimum absolute atomic E-state index is 0.251. The lowest BCUT2D eigenvalue weighted by Gasteiger charge is -2.06. The molecular weight excluding hydrogens is 274 g/mol. The zero-order valence-electron chi connectivity index (χ0n) is 10.8. The highest BCUT2D eigenvalue weighted by molar-refractivity contribution is 6.37. The van der Waals surface area contributed by atoms with Crippen LogP contribution in [0.25, 0.3) is 22.0 Å². The van der Waals surface area contributed by atoms with Crippen LogP contribution in [0, 0.1) is 0 Å². The molecule has 4 heteroatoms. The Balaban J connectivity index is 2.49. The molecule has 0 saturated heterocycles. The summed E-state index contributed by atoms with van der Waals surface area (Å²) in [5.41, 5.74) is 2.02. The number of fused-ring (bicyclic) bond motifs is 1. The van der Waals surface area contributed by atoms with Crippen LogP contribution in [0.4, 0.5) is 0 Å². The van der Waals surface area contributed by atoms with Gasteiger partial charge in [-0.25, -0.2) is 4.79 Å². The zero-order chi connectivity index (χ0) is 14.3. The number of aromatic nitrogens is 1. The van der Waals surface area contributed by atoms with E-state index in [1.165, 1.54) is 0 Å². The first kappa shape index (κ1) is 12.8. The third-order valence-electron chi connectivity index (χ3n) is 3.43. The van der Waals surface area contributed by atoms with Gasteiger partial charge in [0, 0.05) is 17.8 Å². The van der Waals surface area contributed by atoms with Crippen LogP contribution in [0.3, 0.4) is 0 Å². The number of benzene rings is 2. The van der Waals surface area contributed by atoms with Gasteiger partial charge >= 0.3 is 5.97 Å². The van der Waals surface area contributed by atoms with Crippen molar-refractivity contribution in [2.45, 2.75) is 0 Å². The molecule has 20 heavy (non-hydrogen) atoms. The molecule has 0 aliphatic heterocycles. The second-order valence-corrected chi connectivity index (χ2v) is 5.00. The molecule has 0 spiro atoms. The smallest absolute Gasteiger partial charge is 0.353 e. The Morgan fingerprint density at radius 3 is 2.45 bits per heavy atom. The van der Waals surface area contributed by atoms with E-state index >= 15 is 0 Å². The highest BCUT2D eigenvalue weighted by Gasteiger charge is 2.21. The average Bonchev–Trinajstić information content (AvgIpc) is 2.73. The van der Waals surface area contributed by atoms with Crippen molar-refractivity contribution in [1.29, 1.82) is 0 Å². The number of hydrogen-bond acceptors (Lipinski definition) is 1. The number of rotatable bonds is 2. The molecule has 0 fully saturated rings. The fourth-order valence-electron chi connectivity index (χ4n) is 2.62. The van der Waals surface area contributed by atoms with Gasteiger partial charge in [-0.3, -0.25) is 0 Å². The van der Waals surface area contributed by atoms with E-state index in [-0.39, 0.29) is 5.69 Å². The summed E-state index contributed by atoms with van der Waals surface area (Å²) < 4.78 is 1.69. The maximum atomic E-state index is 11.5. The van der Waals surface area contributed by atoms with Crippen molar-refractivity contribution in [3.05, 3.63) is 59.2 Å². The van der Waals surface area contributed by atoms with Crippen LogP contribution < -0.4 is 0 Å². The molecule has 0 radical (unpaired) electrons. The molecular formula is C16H12ClNO2. The first-order chi connectivity index (χ1) is 9.61. The van der Waals surface area contributed by atoms with E-state index in [0.29, 0.717) is 10.4 Å². The maximum Gasteiger partial charge on any atom is 0.353 e. The van der Waals surface area contributed by atoms with E-state index in [0.717, 1.165) is 16.6 Å². The molecule has 0 bridgehead atoms. The van der Waals surface area contributed by atoms with E-state index in [9.17, 15) is 9.90 Å². The molecule has 1 heterocycles. The van der Waals surface area contributed by atoms with Crippen LogP contribution in [0.1, 0.15) is 10.5 Å². The molecule has 3 nitrogen and oxygen atoms in total. The molecule has 2 aromatic carbocycles. The van der Waals surface area contributed by atoms with Crippen molar-refractivity contribution in [1.82, 2.24) is 4.57 Å². The van der Waals surface area contributed by atoms with Gasteiger partial charge in [-0.1, -0.05) is 54.1 Å². The molecule has 1 aromatic heterocycles. The maximum absolute atomic E-state index is 11.5. The molecule has 3 aromatic rings. The summed E-state index contributed by atoms with van der Waals surface area (Å²) in [5, 5.41) is 11.4. The van der Waals surface area contributed by atoms with Gasteiger partial charge in [0.15, 0.2) is 0 Å². The standard InChI is InChI=1S/C16H12ClNO2/c1-18-14(10-6-3-2-4-7-10)13-11(15(18)16(19)20)8-5-9-12(13)17/h2-9H,1H3,(H,19,20). The van der Waals surface area contributed by atoms with E-state index in [1.54, 1.807) is 29.8 Å². The Hall–Kier alpha value is -2.26. The summed E-state index contributed by atoms with van der Waals surface area (Å²) in [6.45, 7) is 0. The summed E-state index contributed by atoms with van der Waals surface area (Å²) in [6, 6.07) is 15.0. The van der Waals surface area contributed by atoms with Gasteiger partial charge < -0.3 is 9.67 Å². The van der Waals surface area contributed by atoms with Crippen molar-refractivity contribution < 1.29 is 9.90 Å². The summed E-state index contributed by atoms with van der Waals surface area (Å²) >= 11 is 6.30. The number of nitrogens with zero attached hydrogens (tertiary/aromatic N) is 1. The number of carbonyl (C=O) groups is 1. The Morgan fingerprint density at radius 1 is 1.10 bits per heavy atom. The van der Waals surface area contributed by atoms with Crippen LogP contribution in [0.2, 0.25) is 5.02 Å². The largest absolute Gasteiger partial charge is 0.477 e. The van der Waals surface area contributed by atoms with Crippen molar-refractivity contribution in [2.24, 2.45) is 7.05 Å². The predicted octanol–water partition coefficient (Wildman–Crippen LogP) is 4.20. The Labute approximate surface area is 121 Å². The minimum Gasteiger partial charge on any atom is -0.477 e. The molecule has 1 N–H and O–H groups in total. The van der Waals surface area contributed by atoms with Crippen LogP contribution in [0.15, 0.2) is 48.5 Å². The van der Waals surface area contributed by atoms with Crippen molar-refractivity contribution >= 4 is 28.3 Å². The van der Waals surface area contributed by atoms with E-state index < -0.39 is 5.97 Å². The lowest BCUT2D eigenvalue weighted by atomic mass is 10.1. The Kier molecular flexibility index (Phi) is 2.99. The number of hydrogen-bond donors (Lipinski definition) is 1. The lowest BCUT2D eigenvalue weighted by molar-refractivity contribution is 0.0689. The lowest BCUT2D eigenvalue weighted by Crippen LogP contribution is -2.05. The van der Waals surface area contributed by atoms with E-state index in [4.69, 9.17) is 11.6 Å². The Morgan fingerprint density at radius 2 is 1.80 bits per heavy atom. The molecule has 0 saturated carbocycles. The van der Waals surface area contributed by atoms with Gasteiger partial charge in [0.1, 0.15) is 5.69 Å². The van der Waals surface area contributed by atoms with Crippen LogP contribution >= 0.6 is 11.6 Å². The minimum atomic E-state index is -0.957. The quantitative estimate of drug-likeness (QED) is 0.767. The second kappa shape index (κ2) is 4.69. The summed E-state index contributed by atoms with van der Waals surface area (Å²) in [6.07, 6.45) is 0.